The summed E-state index contributed by atoms with van der Waals surface area (Å²) < 4.78 is 0.973. The van der Waals surface area contributed by atoms with E-state index in [4.69, 9.17) is 0 Å². The van der Waals surface area contributed by atoms with E-state index in [1.807, 2.05) is 31.2 Å². The first-order valence-corrected chi connectivity index (χ1v) is 6.39. The molecule has 2 aromatic carbocycles. The predicted molar refractivity (Wildman–Crippen MR) is 76.0 cm³/mol. The maximum absolute atomic E-state index is 9.47. The van der Waals surface area contributed by atoms with Gasteiger partial charge in [0.25, 0.3) is 0 Å². The number of benzene rings is 2. The Bertz CT molecular complexity index is 537. The number of phenolic OH excluding ortho intramolecular Hbond substituents is 2. The fraction of sp³-hybridized carbons (Fsp3) is 0.143. The van der Waals surface area contributed by atoms with Crippen LogP contribution in [-0.4, -0.2) is 10.2 Å². The first kappa shape index (κ1) is 12.8. The Morgan fingerprint density at radius 1 is 1.06 bits per heavy atom. The number of phenols is 2. The molecule has 0 radical (unpaired) electrons. The third-order valence-electron chi connectivity index (χ3n) is 2.67. The minimum atomic E-state index is -0.0262. The zero-order chi connectivity index (χ0) is 13.1. The molecule has 0 fully saturated rings. The lowest BCUT2D eigenvalue weighted by Crippen LogP contribution is -2.06. The number of rotatable bonds is 3. The lowest BCUT2D eigenvalue weighted by molar-refractivity contribution is 0.448. The van der Waals surface area contributed by atoms with Gasteiger partial charge < -0.3 is 15.5 Å². The first-order chi connectivity index (χ1) is 8.56. The Morgan fingerprint density at radius 3 is 2.28 bits per heavy atom. The monoisotopic (exact) mass is 307 g/mol. The second-order valence-electron chi connectivity index (χ2n) is 4.13. The molecular formula is C14H14BrNO2. The van der Waals surface area contributed by atoms with Crippen molar-refractivity contribution in [2.75, 3.05) is 5.32 Å². The average molecular weight is 308 g/mol. The molecule has 2 rings (SSSR count). The normalized spacial score (nSPS) is 12.1. The number of hydrogen-bond acceptors (Lipinski definition) is 3. The number of nitrogens with one attached hydrogen (secondary N) is 1. The van der Waals surface area contributed by atoms with Crippen molar-refractivity contribution in [3.63, 3.8) is 0 Å². The maximum Gasteiger partial charge on any atom is 0.119 e. The van der Waals surface area contributed by atoms with Crippen LogP contribution in [0.1, 0.15) is 18.5 Å². The van der Waals surface area contributed by atoms with Crippen LogP contribution in [0.15, 0.2) is 46.9 Å². The fourth-order valence-corrected chi connectivity index (χ4v) is 2.16. The van der Waals surface area contributed by atoms with Crippen LogP contribution in [0.2, 0.25) is 0 Å². The summed E-state index contributed by atoms with van der Waals surface area (Å²) >= 11 is 3.46. The summed E-state index contributed by atoms with van der Waals surface area (Å²) in [6.45, 7) is 1.97. The van der Waals surface area contributed by atoms with Gasteiger partial charge in [0.15, 0.2) is 0 Å². The largest absolute Gasteiger partial charge is 0.508 e. The van der Waals surface area contributed by atoms with Gasteiger partial charge in [0.2, 0.25) is 0 Å². The molecule has 0 aliphatic heterocycles. The van der Waals surface area contributed by atoms with Gasteiger partial charge in [0, 0.05) is 22.3 Å². The summed E-state index contributed by atoms with van der Waals surface area (Å²) in [4.78, 5) is 0. The summed E-state index contributed by atoms with van der Waals surface area (Å²) in [6.07, 6.45) is 0. The van der Waals surface area contributed by atoms with Crippen LogP contribution in [0, 0.1) is 0 Å². The van der Waals surface area contributed by atoms with E-state index in [2.05, 4.69) is 21.2 Å². The van der Waals surface area contributed by atoms with E-state index in [1.54, 1.807) is 12.1 Å². The SMILES string of the molecule is CC(Nc1ccccc1Br)c1cc(O)cc(O)c1. The predicted octanol–water partition coefficient (Wildman–Crippen LogP) is 4.03. The van der Waals surface area contributed by atoms with E-state index in [-0.39, 0.29) is 17.5 Å². The molecule has 18 heavy (non-hydrogen) atoms. The van der Waals surface area contributed by atoms with Crippen LogP contribution < -0.4 is 5.32 Å². The zero-order valence-electron chi connectivity index (χ0n) is 9.89. The molecule has 3 N–H and O–H groups in total. The molecule has 94 valence electrons. The molecule has 0 saturated heterocycles. The standard InChI is InChI=1S/C14H14BrNO2/c1-9(10-6-11(17)8-12(18)7-10)16-14-5-3-2-4-13(14)15/h2-9,16-18H,1H3. The van der Waals surface area contributed by atoms with Gasteiger partial charge in [0.1, 0.15) is 11.5 Å². The molecule has 0 bridgehead atoms. The van der Waals surface area contributed by atoms with E-state index < -0.39 is 0 Å². The second-order valence-corrected chi connectivity index (χ2v) is 4.98. The van der Waals surface area contributed by atoms with E-state index in [1.165, 1.54) is 6.07 Å². The van der Waals surface area contributed by atoms with E-state index >= 15 is 0 Å². The van der Waals surface area contributed by atoms with E-state index in [0.717, 1.165) is 15.7 Å². The Balaban J connectivity index is 2.22. The Kier molecular flexibility index (Phi) is 3.77. The minimum absolute atomic E-state index is 0.0262. The highest BCUT2D eigenvalue weighted by Crippen LogP contribution is 2.29. The fourth-order valence-electron chi connectivity index (χ4n) is 1.76. The van der Waals surface area contributed by atoms with Crippen molar-refractivity contribution in [2.45, 2.75) is 13.0 Å². The quantitative estimate of drug-likeness (QED) is 0.802. The molecule has 0 heterocycles. The van der Waals surface area contributed by atoms with Crippen LogP contribution in [0.3, 0.4) is 0 Å². The Hall–Kier alpha value is -1.68. The zero-order valence-corrected chi connectivity index (χ0v) is 11.5. The highest BCUT2D eigenvalue weighted by Gasteiger charge is 2.09. The van der Waals surface area contributed by atoms with Crippen LogP contribution in [0.4, 0.5) is 5.69 Å². The number of anilines is 1. The molecule has 0 aliphatic rings. The van der Waals surface area contributed by atoms with Crippen molar-refractivity contribution in [3.05, 3.63) is 52.5 Å². The van der Waals surface area contributed by atoms with Crippen LogP contribution in [0.5, 0.6) is 11.5 Å². The number of hydrogen-bond donors (Lipinski definition) is 3. The Labute approximate surface area is 114 Å². The summed E-state index contributed by atoms with van der Waals surface area (Å²) in [5.41, 5.74) is 1.79. The first-order valence-electron chi connectivity index (χ1n) is 5.60. The number of halogens is 1. The highest BCUT2D eigenvalue weighted by molar-refractivity contribution is 9.10. The van der Waals surface area contributed by atoms with Crippen LogP contribution in [0.25, 0.3) is 0 Å². The third-order valence-corrected chi connectivity index (χ3v) is 3.36. The molecule has 0 aromatic heterocycles. The average Bonchev–Trinajstić information content (AvgIpc) is 2.31. The van der Waals surface area contributed by atoms with Gasteiger partial charge in [-0.3, -0.25) is 0 Å². The van der Waals surface area contributed by atoms with Crippen molar-refractivity contribution in [2.24, 2.45) is 0 Å². The minimum Gasteiger partial charge on any atom is -0.508 e. The van der Waals surface area contributed by atoms with Crippen molar-refractivity contribution >= 4 is 21.6 Å². The molecule has 0 spiro atoms. The summed E-state index contributed by atoms with van der Waals surface area (Å²) in [6, 6.07) is 12.4. The van der Waals surface area contributed by atoms with Crippen LogP contribution >= 0.6 is 15.9 Å². The molecule has 2 aromatic rings. The molecular weight excluding hydrogens is 294 g/mol. The Morgan fingerprint density at radius 2 is 1.67 bits per heavy atom. The van der Waals surface area contributed by atoms with Crippen molar-refractivity contribution in [1.82, 2.24) is 0 Å². The molecule has 1 unspecified atom stereocenters. The smallest absolute Gasteiger partial charge is 0.119 e. The second kappa shape index (κ2) is 5.31. The molecule has 4 heteroatoms. The molecule has 0 saturated carbocycles. The van der Waals surface area contributed by atoms with Crippen molar-refractivity contribution in [3.8, 4) is 11.5 Å². The van der Waals surface area contributed by atoms with E-state index in [9.17, 15) is 10.2 Å². The van der Waals surface area contributed by atoms with Gasteiger partial charge in [-0.15, -0.1) is 0 Å². The summed E-state index contributed by atoms with van der Waals surface area (Å²) in [5.74, 6) is 0.122. The van der Waals surface area contributed by atoms with Gasteiger partial charge in [0.05, 0.1) is 0 Å². The lowest BCUT2D eigenvalue weighted by Gasteiger charge is -2.17. The highest BCUT2D eigenvalue weighted by atomic mass is 79.9. The van der Waals surface area contributed by atoms with Gasteiger partial charge in [-0.1, -0.05) is 12.1 Å². The topological polar surface area (TPSA) is 52.5 Å². The number of aromatic hydroxyl groups is 2. The molecule has 0 aliphatic carbocycles. The molecule has 1 atom stereocenters. The van der Waals surface area contributed by atoms with Gasteiger partial charge in [-0.05, 0) is 52.7 Å². The number of para-hydroxylation sites is 1. The maximum atomic E-state index is 9.47. The van der Waals surface area contributed by atoms with Gasteiger partial charge in [-0.2, -0.15) is 0 Å². The summed E-state index contributed by atoms with van der Waals surface area (Å²) in [5, 5.41) is 22.2. The third kappa shape index (κ3) is 2.96. The molecule has 3 nitrogen and oxygen atoms in total. The van der Waals surface area contributed by atoms with Gasteiger partial charge >= 0.3 is 0 Å². The summed E-state index contributed by atoms with van der Waals surface area (Å²) in [7, 11) is 0. The van der Waals surface area contributed by atoms with Gasteiger partial charge in [-0.25, -0.2) is 0 Å². The van der Waals surface area contributed by atoms with Crippen molar-refractivity contribution in [1.29, 1.82) is 0 Å². The molecule has 0 amide bonds. The van der Waals surface area contributed by atoms with Crippen molar-refractivity contribution < 1.29 is 10.2 Å². The van der Waals surface area contributed by atoms with Crippen LogP contribution in [-0.2, 0) is 0 Å². The van der Waals surface area contributed by atoms with E-state index in [0.29, 0.717) is 0 Å². The lowest BCUT2D eigenvalue weighted by atomic mass is 10.1.